The third-order valence-electron chi connectivity index (χ3n) is 4.44. The first-order valence-corrected chi connectivity index (χ1v) is 10.2. The summed E-state index contributed by atoms with van der Waals surface area (Å²) in [6.45, 7) is 4.39. The van der Waals surface area contributed by atoms with Crippen LogP contribution in [-0.4, -0.2) is 9.97 Å². The van der Waals surface area contributed by atoms with Crippen molar-refractivity contribution in [2.24, 2.45) is 0 Å². The van der Waals surface area contributed by atoms with E-state index in [1.54, 1.807) is 29.8 Å². The molecule has 0 atom stereocenters. The molecular weight excluding hydrogens is 397 g/mol. The van der Waals surface area contributed by atoms with Crippen LogP contribution in [0.1, 0.15) is 25.3 Å². The standard InChI is InChI=1S/C21H17Cl2N3S/c1-12(2)13-3-5-14(6-4-13)16-10-27-21-19(16)20(24-11-25-21)26-18-8-7-15(22)9-17(18)23/h3-12H,1-2H3,(H,24,25,26). The summed E-state index contributed by atoms with van der Waals surface area (Å²) in [5.74, 6) is 1.24. The van der Waals surface area contributed by atoms with Gasteiger partial charge in [-0.15, -0.1) is 11.3 Å². The molecule has 1 N–H and O–H groups in total. The lowest BCUT2D eigenvalue weighted by Gasteiger charge is -2.11. The van der Waals surface area contributed by atoms with E-state index in [4.69, 9.17) is 23.2 Å². The van der Waals surface area contributed by atoms with Crippen molar-refractivity contribution in [3.05, 3.63) is 69.8 Å². The molecule has 0 aliphatic rings. The Morgan fingerprint density at radius 1 is 1.00 bits per heavy atom. The number of fused-ring (bicyclic) bond motifs is 1. The number of thiophene rings is 1. The highest BCUT2D eigenvalue weighted by Crippen LogP contribution is 2.38. The van der Waals surface area contributed by atoms with Crippen molar-refractivity contribution in [2.75, 3.05) is 5.32 Å². The summed E-state index contributed by atoms with van der Waals surface area (Å²) in [7, 11) is 0. The van der Waals surface area contributed by atoms with E-state index in [0.717, 1.165) is 32.8 Å². The molecule has 27 heavy (non-hydrogen) atoms. The quantitative estimate of drug-likeness (QED) is 0.375. The fraction of sp³-hybridized carbons (Fsp3) is 0.143. The van der Waals surface area contributed by atoms with Crippen molar-refractivity contribution in [3.63, 3.8) is 0 Å². The number of hydrogen-bond donors (Lipinski definition) is 1. The zero-order valence-electron chi connectivity index (χ0n) is 14.8. The average Bonchev–Trinajstić information content (AvgIpc) is 3.09. The topological polar surface area (TPSA) is 37.8 Å². The summed E-state index contributed by atoms with van der Waals surface area (Å²) in [4.78, 5) is 9.82. The Hall–Kier alpha value is -2.14. The van der Waals surface area contributed by atoms with Gasteiger partial charge in [-0.05, 0) is 35.2 Å². The Morgan fingerprint density at radius 3 is 2.48 bits per heavy atom. The number of nitrogens with zero attached hydrogens (tertiary/aromatic N) is 2. The van der Waals surface area contributed by atoms with E-state index in [0.29, 0.717) is 16.0 Å². The summed E-state index contributed by atoms with van der Waals surface area (Å²) < 4.78 is 0. The summed E-state index contributed by atoms with van der Waals surface area (Å²) >= 11 is 13.9. The van der Waals surface area contributed by atoms with Crippen LogP contribution < -0.4 is 5.32 Å². The summed E-state index contributed by atoms with van der Waals surface area (Å²) in [6.07, 6.45) is 1.57. The van der Waals surface area contributed by atoms with E-state index in [2.05, 4.69) is 58.8 Å². The maximum atomic E-state index is 6.32. The van der Waals surface area contributed by atoms with Gasteiger partial charge in [-0.3, -0.25) is 0 Å². The largest absolute Gasteiger partial charge is 0.338 e. The minimum atomic E-state index is 0.505. The minimum absolute atomic E-state index is 0.505. The second-order valence-electron chi connectivity index (χ2n) is 6.58. The van der Waals surface area contributed by atoms with Gasteiger partial charge in [0.15, 0.2) is 0 Å². The lowest BCUT2D eigenvalue weighted by molar-refractivity contribution is 0.867. The van der Waals surface area contributed by atoms with Crippen LogP contribution in [0.5, 0.6) is 0 Å². The highest BCUT2D eigenvalue weighted by molar-refractivity contribution is 7.17. The van der Waals surface area contributed by atoms with E-state index in [1.165, 1.54) is 5.56 Å². The molecule has 4 rings (SSSR count). The number of rotatable bonds is 4. The number of benzene rings is 2. The SMILES string of the molecule is CC(C)c1ccc(-c2csc3ncnc(Nc4ccc(Cl)cc4Cl)c23)cc1. The van der Waals surface area contributed by atoms with Crippen molar-refractivity contribution in [2.45, 2.75) is 19.8 Å². The molecule has 0 amide bonds. The molecular formula is C21H17Cl2N3S. The number of hydrogen-bond acceptors (Lipinski definition) is 4. The molecule has 136 valence electrons. The zero-order chi connectivity index (χ0) is 19.0. The van der Waals surface area contributed by atoms with Gasteiger partial charge in [-0.2, -0.15) is 0 Å². The predicted molar refractivity (Wildman–Crippen MR) is 117 cm³/mol. The third-order valence-corrected chi connectivity index (χ3v) is 5.88. The van der Waals surface area contributed by atoms with Gasteiger partial charge in [0.05, 0.1) is 16.1 Å². The zero-order valence-corrected chi connectivity index (χ0v) is 17.2. The van der Waals surface area contributed by atoms with Gasteiger partial charge >= 0.3 is 0 Å². The first-order chi connectivity index (χ1) is 13.0. The normalized spacial score (nSPS) is 11.3. The van der Waals surface area contributed by atoms with Crippen molar-refractivity contribution in [1.82, 2.24) is 9.97 Å². The molecule has 0 aliphatic heterocycles. The van der Waals surface area contributed by atoms with Gasteiger partial charge in [0.25, 0.3) is 0 Å². The Morgan fingerprint density at radius 2 is 1.78 bits per heavy atom. The Bertz CT molecular complexity index is 1100. The average molecular weight is 414 g/mol. The van der Waals surface area contributed by atoms with Crippen LogP contribution in [0, 0.1) is 0 Å². The highest BCUT2D eigenvalue weighted by atomic mass is 35.5. The van der Waals surface area contributed by atoms with Gasteiger partial charge < -0.3 is 5.32 Å². The Balaban J connectivity index is 1.79. The molecule has 0 fully saturated rings. The van der Waals surface area contributed by atoms with Crippen molar-refractivity contribution in [1.29, 1.82) is 0 Å². The fourth-order valence-electron chi connectivity index (χ4n) is 2.95. The fourth-order valence-corrected chi connectivity index (χ4v) is 4.32. The van der Waals surface area contributed by atoms with Crippen LogP contribution in [0.3, 0.4) is 0 Å². The van der Waals surface area contributed by atoms with Gasteiger partial charge in [-0.1, -0.05) is 61.3 Å². The van der Waals surface area contributed by atoms with E-state index in [1.807, 2.05) is 6.07 Å². The summed E-state index contributed by atoms with van der Waals surface area (Å²) in [5.41, 5.74) is 4.33. The molecule has 4 aromatic rings. The van der Waals surface area contributed by atoms with Crippen LogP contribution >= 0.6 is 34.5 Å². The van der Waals surface area contributed by atoms with Crippen molar-refractivity contribution in [3.8, 4) is 11.1 Å². The second kappa shape index (κ2) is 7.47. The Labute approximate surface area is 172 Å². The molecule has 0 spiro atoms. The minimum Gasteiger partial charge on any atom is -0.338 e. The van der Waals surface area contributed by atoms with E-state index in [9.17, 15) is 0 Å². The molecule has 6 heteroatoms. The second-order valence-corrected chi connectivity index (χ2v) is 8.28. The van der Waals surface area contributed by atoms with Gasteiger partial charge in [0.1, 0.15) is 17.0 Å². The van der Waals surface area contributed by atoms with Crippen LogP contribution in [0.2, 0.25) is 10.0 Å². The van der Waals surface area contributed by atoms with Crippen LogP contribution in [-0.2, 0) is 0 Å². The van der Waals surface area contributed by atoms with Crippen molar-refractivity contribution >= 4 is 56.3 Å². The third kappa shape index (κ3) is 3.65. The molecule has 0 saturated heterocycles. The molecule has 2 aromatic heterocycles. The first-order valence-electron chi connectivity index (χ1n) is 8.57. The lowest BCUT2D eigenvalue weighted by Crippen LogP contribution is -1.96. The van der Waals surface area contributed by atoms with E-state index in [-0.39, 0.29) is 0 Å². The van der Waals surface area contributed by atoms with Gasteiger partial charge in [0, 0.05) is 16.0 Å². The molecule has 0 saturated carbocycles. The smallest absolute Gasteiger partial charge is 0.143 e. The number of nitrogens with one attached hydrogen (secondary N) is 1. The van der Waals surface area contributed by atoms with E-state index >= 15 is 0 Å². The molecule has 0 aliphatic carbocycles. The molecule has 2 heterocycles. The van der Waals surface area contributed by atoms with Gasteiger partial charge in [-0.25, -0.2) is 9.97 Å². The molecule has 0 bridgehead atoms. The summed E-state index contributed by atoms with van der Waals surface area (Å²) in [5, 5.41) is 7.59. The van der Waals surface area contributed by atoms with Crippen LogP contribution in [0.15, 0.2) is 54.2 Å². The van der Waals surface area contributed by atoms with Crippen LogP contribution in [0.4, 0.5) is 11.5 Å². The summed E-state index contributed by atoms with van der Waals surface area (Å²) in [6, 6.07) is 14.0. The molecule has 2 aromatic carbocycles. The van der Waals surface area contributed by atoms with Gasteiger partial charge in [0.2, 0.25) is 0 Å². The van der Waals surface area contributed by atoms with E-state index < -0.39 is 0 Å². The maximum absolute atomic E-state index is 6.32. The Kier molecular flexibility index (Phi) is 5.04. The number of aromatic nitrogens is 2. The van der Waals surface area contributed by atoms with Crippen LogP contribution in [0.25, 0.3) is 21.3 Å². The molecule has 3 nitrogen and oxygen atoms in total. The molecule has 0 radical (unpaired) electrons. The number of anilines is 2. The lowest BCUT2D eigenvalue weighted by atomic mass is 9.99. The number of halogens is 2. The maximum Gasteiger partial charge on any atom is 0.143 e. The highest BCUT2D eigenvalue weighted by Gasteiger charge is 2.14. The molecule has 0 unspecified atom stereocenters. The monoisotopic (exact) mass is 413 g/mol. The predicted octanol–water partition coefficient (Wildman–Crippen LogP) is 7.53. The van der Waals surface area contributed by atoms with Crippen molar-refractivity contribution < 1.29 is 0 Å². The first kappa shape index (κ1) is 18.2.